The first-order valence-corrected chi connectivity index (χ1v) is 8.38. The lowest BCUT2D eigenvalue weighted by Gasteiger charge is -2.28. The van der Waals surface area contributed by atoms with Gasteiger partial charge in [-0.25, -0.2) is 0 Å². The molecule has 0 spiro atoms. The molecule has 0 saturated carbocycles. The topological polar surface area (TPSA) is 41.6 Å². The molecule has 0 radical (unpaired) electrons. The lowest BCUT2D eigenvalue weighted by Crippen LogP contribution is -2.42. The minimum atomic E-state index is 0. The maximum atomic E-state index is 13.3. The number of ether oxygens (including phenoxy) is 1. The third-order valence-corrected chi connectivity index (χ3v) is 5.22. The molecule has 4 nitrogen and oxygen atoms in total. The van der Waals surface area contributed by atoms with Crippen LogP contribution >= 0.6 is 12.4 Å². The zero-order chi connectivity index (χ0) is 15.8. The molecular formula is C19H23ClN2O2. The molecule has 128 valence electrons. The monoisotopic (exact) mass is 346 g/mol. The smallest absolute Gasteiger partial charge is 0.255 e. The van der Waals surface area contributed by atoms with Crippen LogP contribution in [0, 0.1) is 0 Å². The quantitative estimate of drug-likeness (QED) is 0.907. The van der Waals surface area contributed by atoms with Crippen LogP contribution in [0.3, 0.4) is 0 Å². The normalized spacial score (nSPS) is 22.8. The summed E-state index contributed by atoms with van der Waals surface area (Å²) in [6.45, 7) is 1.92. The number of halogens is 1. The van der Waals surface area contributed by atoms with Gasteiger partial charge in [0.15, 0.2) is 0 Å². The molecule has 4 rings (SSSR count). The Morgan fingerprint density at radius 2 is 1.83 bits per heavy atom. The fourth-order valence-electron chi connectivity index (χ4n) is 4.09. The van der Waals surface area contributed by atoms with Crippen molar-refractivity contribution in [2.24, 2.45) is 0 Å². The Morgan fingerprint density at radius 3 is 2.62 bits per heavy atom. The van der Waals surface area contributed by atoms with Gasteiger partial charge in [-0.2, -0.15) is 0 Å². The van der Waals surface area contributed by atoms with E-state index in [1.807, 2.05) is 36.4 Å². The highest BCUT2D eigenvalue weighted by atomic mass is 35.5. The number of amides is 1. The molecule has 2 aliphatic heterocycles. The third kappa shape index (κ3) is 2.74. The van der Waals surface area contributed by atoms with E-state index >= 15 is 0 Å². The van der Waals surface area contributed by atoms with Crippen molar-refractivity contribution in [3.63, 3.8) is 0 Å². The van der Waals surface area contributed by atoms with Crippen molar-refractivity contribution < 1.29 is 9.53 Å². The van der Waals surface area contributed by atoms with Crippen molar-refractivity contribution in [2.75, 3.05) is 20.2 Å². The van der Waals surface area contributed by atoms with Gasteiger partial charge >= 0.3 is 0 Å². The lowest BCUT2D eigenvalue weighted by molar-refractivity contribution is 0.0682. The summed E-state index contributed by atoms with van der Waals surface area (Å²) in [5.74, 6) is 0.984. The second-order valence-electron chi connectivity index (χ2n) is 6.45. The zero-order valence-corrected chi connectivity index (χ0v) is 14.6. The molecule has 2 aromatic rings. The molecule has 2 bridgehead atoms. The van der Waals surface area contributed by atoms with E-state index in [4.69, 9.17) is 4.74 Å². The highest BCUT2D eigenvalue weighted by molar-refractivity contribution is 6.08. The fourth-order valence-corrected chi connectivity index (χ4v) is 4.09. The van der Waals surface area contributed by atoms with Crippen LogP contribution in [-0.4, -0.2) is 43.1 Å². The summed E-state index contributed by atoms with van der Waals surface area (Å²) >= 11 is 0. The molecule has 2 saturated heterocycles. The van der Waals surface area contributed by atoms with Crippen LogP contribution in [0.2, 0.25) is 0 Å². The van der Waals surface area contributed by atoms with Crippen LogP contribution in [0.25, 0.3) is 10.8 Å². The second-order valence-corrected chi connectivity index (χ2v) is 6.45. The molecule has 2 unspecified atom stereocenters. The first kappa shape index (κ1) is 17.1. The maximum absolute atomic E-state index is 13.3. The van der Waals surface area contributed by atoms with Gasteiger partial charge in [0.25, 0.3) is 5.91 Å². The van der Waals surface area contributed by atoms with Gasteiger partial charge in [0.1, 0.15) is 5.75 Å². The van der Waals surface area contributed by atoms with Gasteiger partial charge in [0, 0.05) is 29.6 Å². The summed E-state index contributed by atoms with van der Waals surface area (Å²) < 4.78 is 5.45. The molecule has 24 heavy (non-hydrogen) atoms. The largest absolute Gasteiger partial charge is 0.496 e. The Balaban J connectivity index is 0.00000169. The highest BCUT2D eigenvalue weighted by Gasteiger charge is 2.38. The average Bonchev–Trinajstić information content (AvgIpc) is 2.86. The molecule has 1 N–H and O–H groups in total. The number of hydrogen-bond donors (Lipinski definition) is 1. The van der Waals surface area contributed by atoms with E-state index in [1.165, 1.54) is 0 Å². The highest BCUT2D eigenvalue weighted by Crippen LogP contribution is 2.33. The Bertz CT molecular complexity index is 735. The molecule has 2 fully saturated rings. The first-order chi connectivity index (χ1) is 11.3. The average molecular weight is 347 g/mol. The van der Waals surface area contributed by atoms with E-state index in [0.717, 1.165) is 54.4 Å². The fraction of sp³-hybridized carbons (Fsp3) is 0.421. The lowest BCUT2D eigenvalue weighted by atomic mass is 10.0. The van der Waals surface area contributed by atoms with Gasteiger partial charge in [0.2, 0.25) is 0 Å². The van der Waals surface area contributed by atoms with Crippen LogP contribution in [0.15, 0.2) is 36.4 Å². The predicted octanol–water partition coefficient (Wildman–Crippen LogP) is 3.24. The summed E-state index contributed by atoms with van der Waals surface area (Å²) in [6.07, 6.45) is 3.29. The van der Waals surface area contributed by atoms with Crippen molar-refractivity contribution in [1.82, 2.24) is 10.2 Å². The van der Waals surface area contributed by atoms with E-state index in [0.29, 0.717) is 12.1 Å². The van der Waals surface area contributed by atoms with E-state index in [-0.39, 0.29) is 18.3 Å². The van der Waals surface area contributed by atoms with Crippen LogP contribution in [0.4, 0.5) is 0 Å². The first-order valence-electron chi connectivity index (χ1n) is 8.38. The summed E-state index contributed by atoms with van der Waals surface area (Å²) in [5.41, 5.74) is 0.792. The van der Waals surface area contributed by atoms with Crippen LogP contribution in [0.5, 0.6) is 5.75 Å². The molecule has 2 heterocycles. The predicted molar refractivity (Wildman–Crippen MR) is 98.2 cm³/mol. The minimum Gasteiger partial charge on any atom is -0.496 e. The van der Waals surface area contributed by atoms with Gasteiger partial charge in [-0.15, -0.1) is 12.4 Å². The van der Waals surface area contributed by atoms with Gasteiger partial charge in [-0.1, -0.05) is 24.3 Å². The van der Waals surface area contributed by atoms with Gasteiger partial charge < -0.3 is 15.0 Å². The molecule has 5 heteroatoms. The molecule has 2 atom stereocenters. The van der Waals surface area contributed by atoms with Crippen molar-refractivity contribution >= 4 is 29.1 Å². The third-order valence-electron chi connectivity index (χ3n) is 5.22. The maximum Gasteiger partial charge on any atom is 0.255 e. The number of benzene rings is 2. The number of rotatable bonds is 2. The SMILES string of the molecule is COc1ccc(C(=O)N2C3CCNCC2CC3)c2ccccc12.Cl. The molecule has 0 aromatic heterocycles. The summed E-state index contributed by atoms with van der Waals surface area (Å²) in [5, 5.41) is 5.44. The number of methoxy groups -OCH3 is 1. The minimum absolute atomic E-state index is 0. The van der Waals surface area contributed by atoms with E-state index in [2.05, 4.69) is 10.2 Å². The number of carbonyl (C=O) groups excluding carboxylic acids is 1. The standard InChI is InChI=1S/C19H22N2O2.ClH/c1-23-18-9-8-17(15-4-2-3-5-16(15)18)19(22)21-13-6-7-14(21)12-20-11-10-13;/h2-5,8-9,13-14,20H,6-7,10-12H2,1H3;1H. The van der Waals surface area contributed by atoms with Gasteiger partial charge in [-0.3, -0.25) is 4.79 Å². The molecule has 0 aliphatic carbocycles. The van der Waals surface area contributed by atoms with Crippen LogP contribution in [0.1, 0.15) is 29.6 Å². The van der Waals surface area contributed by atoms with Crippen LogP contribution < -0.4 is 10.1 Å². The van der Waals surface area contributed by atoms with Crippen LogP contribution in [-0.2, 0) is 0 Å². The Labute approximate surface area is 148 Å². The van der Waals surface area contributed by atoms with Gasteiger partial charge in [0.05, 0.1) is 7.11 Å². The zero-order valence-electron chi connectivity index (χ0n) is 13.8. The van der Waals surface area contributed by atoms with Gasteiger partial charge in [-0.05, 0) is 43.3 Å². The number of fused-ring (bicyclic) bond motifs is 3. The molecule has 2 aromatic carbocycles. The number of carbonyl (C=O) groups is 1. The number of hydrogen-bond acceptors (Lipinski definition) is 3. The molecular weight excluding hydrogens is 324 g/mol. The Kier molecular flexibility index (Phi) is 4.97. The van der Waals surface area contributed by atoms with Crippen molar-refractivity contribution in [3.05, 3.63) is 42.0 Å². The number of nitrogens with one attached hydrogen (secondary N) is 1. The van der Waals surface area contributed by atoms with E-state index < -0.39 is 0 Å². The summed E-state index contributed by atoms with van der Waals surface area (Å²) in [4.78, 5) is 15.4. The Morgan fingerprint density at radius 1 is 1.08 bits per heavy atom. The van der Waals surface area contributed by atoms with Crippen molar-refractivity contribution in [2.45, 2.75) is 31.3 Å². The Hall–Kier alpha value is -1.78. The van der Waals surface area contributed by atoms with E-state index in [9.17, 15) is 4.79 Å². The molecule has 1 amide bonds. The van der Waals surface area contributed by atoms with Crippen molar-refractivity contribution in [3.8, 4) is 5.75 Å². The van der Waals surface area contributed by atoms with E-state index in [1.54, 1.807) is 7.11 Å². The molecule has 2 aliphatic rings. The van der Waals surface area contributed by atoms with Crippen molar-refractivity contribution in [1.29, 1.82) is 0 Å². The number of nitrogens with zero attached hydrogens (tertiary/aromatic N) is 1. The summed E-state index contributed by atoms with van der Waals surface area (Å²) in [7, 11) is 1.67. The summed E-state index contributed by atoms with van der Waals surface area (Å²) in [6, 6.07) is 12.5. The second kappa shape index (κ2) is 6.99.